The normalized spacial score (nSPS) is 28.4. The summed E-state index contributed by atoms with van der Waals surface area (Å²) >= 11 is 0. The Morgan fingerprint density at radius 3 is 2.44 bits per heavy atom. The fraction of sp³-hybridized carbons (Fsp3) is 0.933. The van der Waals surface area contributed by atoms with Crippen LogP contribution in [0.1, 0.15) is 39.0 Å². The molecule has 0 amide bonds. The third-order valence-corrected chi connectivity index (χ3v) is 6.21. The molecule has 3 heteroatoms. The van der Waals surface area contributed by atoms with E-state index in [0.29, 0.717) is 5.92 Å². The van der Waals surface area contributed by atoms with Gasteiger partial charge in [-0.1, -0.05) is 51.9 Å². The van der Waals surface area contributed by atoms with Gasteiger partial charge >= 0.3 is 5.97 Å². The second-order valence-corrected chi connectivity index (χ2v) is 12.7. The van der Waals surface area contributed by atoms with Crippen LogP contribution in [0, 0.1) is 17.8 Å². The zero-order chi connectivity index (χ0) is 13.8. The molecular formula is C15H30O2Si. The number of esters is 1. The molecule has 2 nitrogen and oxygen atoms in total. The molecule has 106 valence electrons. The van der Waals surface area contributed by atoms with Gasteiger partial charge in [0.05, 0.1) is 13.0 Å². The van der Waals surface area contributed by atoms with Gasteiger partial charge in [-0.05, 0) is 24.7 Å². The lowest BCUT2D eigenvalue weighted by Gasteiger charge is -2.17. The Morgan fingerprint density at radius 1 is 1.28 bits per heavy atom. The predicted octanol–water partition coefficient (Wildman–Crippen LogP) is 4.33. The number of hydrogen-bond donors (Lipinski definition) is 0. The number of ether oxygens (including phenoxy) is 1. The monoisotopic (exact) mass is 270 g/mol. The minimum atomic E-state index is -0.892. The average Bonchev–Trinajstić information content (AvgIpc) is 2.69. The van der Waals surface area contributed by atoms with Gasteiger partial charge < -0.3 is 4.74 Å². The molecule has 1 aliphatic rings. The molecule has 0 unspecified atom stereocenters. The molecule has 0 aromatic heterocycles. The van der Waals surface area contributed by atoms with Gasteiger partial charge in [0.25, 0.3) is 0 Å². The van der Waals surface area contributed by atoms with Crippen LogP contribution in [0.4, 0.5) is 0 Å². The molecule has 0 heterocycles. The highest BCUT2D eigenvalue weighted by molar-refractivity contribution is 6.76. The van der Waals surface area contributed by atoms with E-state index < -0.39 is 8.07 Å². The number of carbonyl (C=O) groups excluding carboxylic acids is 1. The number of hydrogen-bond acceptors (Lipinski definition) is 2. The summed E-state index contributed by atoms with van der Waals surface area (Å²) < 4.78 is 4.94. The quantitative estimate of drug-likeness (QED) is 0.530. The standard InChI is InChI=1S/C15H30O2Si/c1-6-13-10-12(8-7-9-18(3,4)5)11-14(13)15(16)17-2/h12-14H,6-11H2,1-5H3/t12-,13+,14-/m0/s1. The van der Waals surface area contributed by atoms with Gasteiger partial charge in [0.15, 0.2) is 0 Å². The predicted molar refractivity (Wildman–Crippen MR) is 79.4 cm³/mol. The first kappa shape index (κ1) is 15.7. The van der Waals surface area contributed by atoms with E-state index in [1.165, 1.54) is 32.4 Å². The fourth-order valence-electron chi connectivity index (χ4n) is 3.29. The maximum Gasteiger partial charge on any atom is 0.308 e. The van der Waals surface area contributed by atoms with Crippen LogP contribution in [0.5, 0.6) is 0 Å². The lowest BCUT2D eigenvalue weighted by molar-refractivity contribution is -0.146. The van der Waals surface area contributed by atoms with E-state index in [9.17, 15) is 4.79 Å². The number of carbonyl (C=O) groups is 1. The highest BCUT2D eigenvalue weighted by Crippen LogP contribution is 2.41. The van der Waals surface area contributed by atoms with Crippen molar-refractivity contribution >= 4 is 14.0 Å². The van der Waals surface area contributed by atoms with Gasteiger partial charge in [-0.25, -0.2) is 0 Å². The molecule has 0 aliphatic heterocycles. The Hall–Kier alpha value is -0.313. The molecule has 0 N–H and O–H groups in total. The number of methoxy groups -OCH3 is 1. The summed E-state index contributed by atoms with van der Waals surface area (Å²) in [5.41, 5.74) is 0. The van der Waals surface area contributed by atoms with E-state index in [0.717, 1.165) is 18.8 Å². The first-order valence-electron chi connectivity index (χ1n) is 7.45. The van der Waals surface area contributed by atoms with Gasteiger partial charge in [0.1, 0.15) is 0 Å². The Morgan fingerprint density at radius 2 is 1.94 bits per heavy atom. The van der Waals surface area contributed by atoms with Gasteiger partial charge in [-0.3, -0.25) is 4.79 Å². The summed E-state index contributed by atoms with van der Waals surface area (Å²) in [6.45, 7) is 9.51. The summed E-state index contributed by atoms with van der Waals surface area (Å²) in [6.07, 6.45) is 6.09. The van der Waals surface area contributed by atoms with E-state index in [-0.39, 0.29) is 11.9 Å². The Labute approximate surface area is 113 Å². The first-order chi connectivity index (χ1) is 8.37. The molecule has 0 radical (unpaired) electrons. The molecule has 1 rings (SSSR count). The summed E-state index contributed by atoms with van der Waals surface area (Å²) in [4.78, 5) is 11.7. The summed E-state index contributed by atoms with van der Waals surface area (Å²) in [7, 11) is 0.630. The Balaban J connectivity index is 2.39. The molecule has 0 aromatic carbocycles. The highest BCUT2D eigenvalue weighted by atomic mass is 28.3. The second-order valence-electron chi connectivity index (χ2n) is 7.09. The van der Waals surface area contributed by atoms with Crippen LogP contribution in [-0.4, -0.2) is 21.2 Å². The van der Waals surface area contributed by atoms with Gasteiger partial charge in [-0.15, -0.1) is 0 Å². The minimum absolute atomic E-state index is 0.0227. The van der Waals surface area contributed by atoms with Crippen molar-refractivity contribution in [1.82, 2.24) is 0 Å². The van der Waals surface area contributed by atoms with E-state index in [1.807, 2.05) is 0 Å². The number of rotatable bonds is 6. The zero-order valence-corrected chi connectivity index (χ0v) is 13.8. The van der Waals surface area contributed by atoms with Crippen LogP contribution in [0.25, 0.3) is 0 Å². The van der Waals surface area contributed by atoms with Crippen molar-refractivity contribution in [3.05, 3.63) is 0 Å². The van der Waals surface area contributed by atoms with Gasteiger partial charge in [0, 0.05) is 8.07 Å². The molecule has 1 saturated carbocycles. The molecule has 1 fully saturated rings. The van der Waals surface area contributed by atoms with Gasteiger partial charge in [0.2, 0.25) is 0 Å². The Kier molecular flexibility index (Phi) is 5.89. The molecule has 18 heavy (non-hydrogen) atoms. The topological polar surface area (TPSA) is 26.3 Å². The van der Waals surface area contributed by atoms with Crippen molar-refractivity contribution in [2.24, 2.45) is 17.8 Å². The summed E-state index contributed by atoms with van der Waals surface area (Å²) in [5.74, 6) is 1.52. The van der Waals surface area contributed by atoms with Crippen LogP contribution in [-0.2, 0) is 9.53 Å². The van der Waals surface area contributed by atoms with Crippen LogP contribution in [0.15, 0.2) is 0 Å². The highest BCUT2D eigenvalue weighted by Gasteiger charge is 2.37. The van der Waals surface area contributed by atoms with Gasteiger partial charge in [-0.2, -0.15) is 0 Å². The van der Waals surface area contributed by atoms with E-state index >= 15 is 0 Å². The van der Waals surface area contributed by atoms with Crippen LogP contribution in [0.3, 0.4) is 0 Å². The molecule has 0 aromatic rings. The molecule has 0 bridgehead atoms. The van der Waals surface area contributed by atoms with Crippen molar-refractivity contribution < 1.29 is 9.53 Å². The summed E-state index contributed by atoms with van der Waals surface area (Å²) in [5, 5.41) is 0. The fourth-order valence-corrected chi connectivity index (χ4v) is 4.55. The maximum atomic E-state index is 11.7. The van der Waals surface area contributed by atoms with E-state index in [4.69, 9.17) is 4.74 Å². The van der Waals surface area contributed by atoms with Crippen LogP contribution in [0.2, 0.25) is 25.7 Å². The zero-order valence-electron chi connectivity index (χ0n) is 12.8. The summed E-state index contributed by atoms with van der Waals surface area (Å²) in [6, 6.07) is 1.42. The van der Waals surface area contributed by atoms with Crippen LogP contribution >= 0.6 is 0 Å². The smallest absolute Gasteiger partial charge is 0.308 e. The molecular weight excluding hydrogens is 240 g/mol. The molecule has 0 spiro atoms. The third-order valence-electron chi connectivity index (χ3n) is 4.36. The largest absolute Gasteiger partial charge is 0.469 e. The van der Waals surface area contributed by atoms with Crippen molar-refractivity contribution in [2.75, 3.05) is 7.11 Å². The van der Waals surface area contributed by atoms with Crippen LogP contribution < -0.4 is 0 Å². The lowest BCUT2D eigenvalue weighted by atomic mass is 9.94. The molecule has 3 atom stereocenters. The third kappa shape index (κ3) is 4.75. The minimum Gasteiger partial charge on any atom is -0.469 e. The van der Waals surface area contributed by atoms with Crippen molar-refractivity contribution in [3.63, 3.8) is 0 Å². The second kappa shape index (κ2) is 6.74. The first-order valence-corrected chi connectivity index (χ1v) is 11.2. The molecule has 1 aliphatic carbocycles. The molecule has 0 saturated heterocycles. The van der Waals surface area contributed by atoms with E-state index in [2.05, 4.69) is 26.6 Å². The van der Waals surface area contributed by atoms with Crippen molar-refractivity contribution in [3.8, 4) is 0 Å². The SMILES string of the molecule is CC[C@@H]1C[C@H](CCC[Si](C)(C)C)C[C@@H]1C(=O)OC. The Bertz CT molecular complexity index is 270. The lowest BCUT2D eigenvalue weighted by Crippen LogP contribution is -2.20. The maximum absolute atomic E-state index is 11.7. The van der Waals surface area contributed by atoms with Crippen molar-refractivity contribution in [2.45, 2.75) is 64.7 Å². The average molecular weight is 270 g/mol. The van der Waals surface area contributed by atoms with E-state index in [1.54, 1.807) is 0 Å². The van der Waals surface area contributed by atoms with Crippen molar-refractivity contribution in [1.29, 1.82) is 0 Å².